The first-order valence-electron chi connectivity index (χ1n) is 9.57. The van der Waals surface area contributed by atoms with E-state index < -0.39 is 10.2 Å². The quantitative estimate of drug-likeness (QED) is 0.349. The Labute approximate surface area is 180 Å². The number of thioether (sulfide) groups is 1. The number of amides is 2. The number of carbonyl (C=O) groups is 2. The third-order valence-corrected chi connectivity index (χ3v) is 5.27. The third-order valence-electron chi connectivity index (χ3n) is 4.18. The lowest BCUT2D eigenvalue weighted by Gasteiger charge is -2.17. The van der Waals surface area contributed by atoms with Crippen molar-refractivity contribution in [3.8, 4) is 0 Å². The second-order valence-corrected chi connectivity index (χ2v) is 9.73. The van der Waals surface area contributed by atoms with Gasteiger partial charge in [0.05, 0.1) is 15.9 Å². The zero-order valence-corrected chi connectivity index (χ0v) is 18.6. The van der Waals surface area contributed by atoms with Gasteiger partial charge in [-0.1, -0.05) is 32.9 Å². The van der Waals surface area contributed by atoms with Crippen LogP contribution in [-0.4, -0.2) is 22.0 Å². The molecule has 0 aliphatic heterocycles. The summed E-state index contributed by atoms with van der Waals surface area (Å²) in [6, 6.07) is 11.7. The molecule has 1 atom stereocenters. The standard InChI is InChI=1S/C22H27N3O4S/c1-14-9-10-17(25(28)29)12-19(14)24-21(27)15(2)30-18-8-6-7-16(11-18)23-20(26)13-22(3,4)5/h6-12,15H,13H2,1-5H3,(H,23,26)(H,24,27). The molecule has 2 aromatic rings. The lowest BCUT2D eigenvalue weighted by molar-refractivity contribution is -0.384. The molecule has 0 aliphatic carbocycles. The Morgan fingerprint density at radius 1 is 1.13 bits per heavy atom. The van der Waals surface area contributed by atoms with Crippen molar-refractivity contribution in [2.24, 2.45) is 5.41 Å². The van der Waals surface area contributed by atoms with Crippen LogP contribution in [0.5, 0.6) is 0 Å². The molecule has 0 fully saturated rings. The van der Waals surface area contributed by atoms with E-state index in [0.29, 0.717) is 17.8 Å². The Kier molecular flexibility index (Phi) is 7.61. The van der Waals surface area contributed by atoms with Gasteiger partial charge in [-0.25, -0.2) is 0 Å². The normalized spacial score (nSPS) is 12.2. The highest BCUT2D eigenvalue weighted by atomic mass is 32.2. The molecule has 0 bridgehead atoms. The molecule has 7 nitrogen and oxygen atoms in total. The first-order valence-corrected chi connectivity index (χ1v) is 10.4. The number of benzene rings is 2. The number of nitrogens with zero attached hydrogens (tertiary/aromatic N) is 1. The Bertz CT molecular complexity index is 954. The predicted octanol–water partition coefficient (Wildman–Crippen LogP) is 5.40. The highest BCUT2D eigenvalue weighted by Crippen LogP contribution is 2.28. The number of rotatable bonds is 7. The summed E-state index contributed by atoms with van der Waals surface area (Å²) >= 11 is 1.34. The van der Waals surface area contributed by atoms with Crippen LogP contribution in [0.3, 0.4) is 0 Å². The molecule has 0 saturated carbocycles. The Morgan fingerprint density at radius 2 is 1.83 bits per heavy atom. The van der Waals surface area contributed by atoms with Gasteiger partial charge in [-0.15, -0.1) is 11.8 Å². The average molecular weight is 430 g/mol. The molecule has 2 rings (SSSR count). The van der Waals surface area contributed by atoms with Crippen molar-refractivity contribution in [2.75, 3.05) is 10.6 Å². The lowest BCUT2D eigenvalue weighted by atomic mass is 9.92. The molecular weight excluding hydrogens is 402 g/mol. The largest absolute Gasteiger partial charge is 0.326 e. The van der Waals surface area contributed by atoms with E-state index >= 15 is 0 Å². The van der Waals surface area contributed by atoms with Crippen LogP contribution in [0.15, 0.2) is 47.4 Å². The molecule has 0 heterocycles. The molecule has 8 heteroatoms. The maximum atomic E-state index is 12.6. The number of nitro benzene ring substituents is 1. The molecule has 0 spiro atoms. The van der Waals surface area contributed by atoms with E-state index in [2.05, 4.69) is 10.6 Å². The summed E-state index contributed by atoms with van der Waals surface area (Å²) in [7, 11) is 0. The van der Waals surface area contributed by atoms with Crippen LogP contribution in [0.2, 0.25) is 0 Å². The van der Waals surface area contributed by atoms with Gasteiger partial charge in [0.1, 0.15) is 0 Å². The summed E-state index contributed by atoms with van der Waals surface area (Å²) in [5.41, 5.74) is 1.67. The van der Waals surface area contributed by atoms with E-state index in [1.807, 2.05) is 45.0 Å². The maximum Gasteiger partial charge on any atom is 0.271 e. The van der Waals surface area contributed by atoms with Gasteiger partial charge in [0.25, 0.3) is 5.69 Å². The minimum absolute atomic E-state index is 0.0587. The van der Waals surface area contributed by atoms with E-state index in [4.69, 9.17) is 0 Å². The van der Waals surface area contributed by atoms with E-state index in [-0.39, 0.29) is 22.9 Å². The van der Waals surface area contributed by atoms with Crippen molar-refractivity contribution in [2.45, 2.75) is 51.2 Å². The van der Waals surface area contributed by atoms with E-state index in [0.717, 1.165) is 10.5 Å². The fourth-order valence-corrected chi connectivity index (χ4v) is 3.61. The SMILES string of the molecule is Cc1ccc([N+](=O)[O-])cc1NC(=O)C(C)Sc1cccc(NC(=O)CC(C)(C)C)c1. The van der Waals surface area contributed by atoms with Crippen molar-refractivity contribution in [1.82, 2.24) is 0 Å². The van der Waals surface area contributed by atoms with Crippen LogP contribution < -0.4 is 10.6 Å². The number of hydrogen-bond donors (Lipinski definition) is 2. The number of non-ortho nitro benzene ring substituents is 1. The number of hydrogen-bond acceptors (Lipinski definition) is 5. The molecule has 30 heavy (non-hydrogen) atoms. The summed E-state index contributed by atoms with van der Waals surface area (Å²) in [5, 5.41) is 16.2. The van der Waals surface area contributed by atoms with Crippen LogP contribution in [-0.2, 0) is 9.59 Å². The fraction of sp³-hybridized carbons (Fsp3) is 0.364. The Balaban J connectivity index is 2.03. The van der Waals surface area contributed by atoms with E-state index in [9.17, 15) is 19.7 Å². The molecule has 0 radical (unpaired) electrons. The van der Waals surface area contributed by atoms with Gasteiger partial charge in [0.2, 0.25) is 11.8 Å². The van der Waals surface area contributed by atoms with E-state index in [1.54, 1.807) is 19.9 Å². The molecule has 2 amide bonds. The number of aryl methyl sites for hydroxylation is 1. The third kappa shape index (κ3) is 7.18. The fourth-order valence-electron chi connectivity index (χ4n) is 2.68. The predicted molar refractivity (Wildman–Crippen MR) is 121 cm³/mol. The second-order valence-electron chi connectivity index (χ2n) is 8.32. The lowest BCUT2D eigenvalue weighted by Crippen LogP contribution is -2.23. The average Bonchev–Trinajstić information content (AvgIpc) is 2.61. The molecule has 2 aromatic carbocycles. The molecule has 0 aromatic heterocycles. The minimum atomic E-state index is -0.493. The molecule has 2 N–H and O–H groups in total. The Hall–Kier alpha value is -2.87. The number of anilines is 2. The van der Waals surface area contributed by atoms with Gasteiger partial charge < -0.3 is 10.6 Å². The van der Waals surface area contributed by atoms with Gasteiger partial charge in [0.15, 0.2) is 0 Å². The van der Waals surface area contributed by atoms with Crippen LogP contribution in [0, 0.1) is 22.5 Å². The topological polar surface area (TPSA) is 101 Å². The molecular formula is C22H27N3O4S. The molecule has 0 saturated heterocycles. The molecule has 160 valence electrons. The van der Waals surface area contributed by atoms with Crippen LogP contribution in [0.1, 0.15) is 39.7 Å². The summed E-state index contributed by atoms with van der Waals surface area (Å²) in [5.74, 6) is -0.317. The van der Waals surface area contributed by atoms with Crippen molar-refractivity contribution >= 4 is 40.6 Å². The summed E-state index contributed by atoms with van der Waals surface area (Å²) in [6.07, 6.45) is 0.408. The Morgan fingerprint density at radius 3 is 2.47 bits per heavy atom. The highest BCUT2D eigenvalue weighted by molar-refractivity contribution is 8.00. The van der Waals surface area contributed by atoms with Crippen molar-refractivity contribution in [1.29, 1.82) is 0 Å². The summed E-state index contributed by atoms with van der Waals surface area (Å²) < 4.78 is 0. The second kappa shape index (κ2) is 9.75. The van der Waals surface area contributed by atoms with Gasteiger partial charge >= 0.3 is 0 Å². The molecule has 0 aliphatic rings. The zero-order chi connectivity index (χ0) is 22.5. The van der Waals surface area contributed by atoms with Crippen molar-refractivity contribution < 1.29 is 14.5 Å². The first kappa shape index (κ1) is 23.4. The van der Waals surface area contributed by atoms with Gasteiger partial charge in [0, 0.05) is 29.1 Å². The minimum Gasteiger partial charge on any atom is -0.326 e. The van der Waals surface area contributed by atoms with Gasteiger partial charge in [-0.05, 0) is 43.0 Å². The van der Waals surface area contributed by atoms with Crippen LogP contribution >= 0.6 is 11.8 Å². The van der Waals surface area contributed by atoms with Crippen molar-refractivity contribution in [3.63, 3.8) is 0 Å². The number of nitrogens with one attached hydrogen (secondary N) is 2. The van der Waals surface area contributed by atoms with Crippen molar-refractivity contribution in [3.05, 3.63) is 58.1 Å². The van der Waals surface area contributed by atoms with Gasteiger partial charge in [-0.3, -0.25) is 19.7 Å². The summed E-state index contributed by atoms with van der Waals surface area (Å²) in [6.45, 7) is 9.55. The number of nitro groups is 1. The summed E-state index contributed by atoms with van der Waals surface area (Å²) in [4.78, 5) is 36.1. The van der Waals surface area contributed by atoms with Gasteiger partial charge in [-0.2, -0.15) is 0 Å². The smallest absolute Gasteiger partial charge is 0.271 e. The molecule has 1 unspecified atom stereocenters. The monoisotopic (exact) mass is 429 g/mol. The highest BCUT2D eigenvalue weighted by Gasteiger charge is 2.18. The van der Waals surface area contributed by atoms with E-state index in [1.165, 1.54) is 23.9 Å². The maximum absolute atomic E-state index is 12.6. The first-order chi connectivity index (χ1) is 13.9. The van der Waals surface area contributed by atoms with Crippen LogP contribution in [0.25, 0.3) is 0 Å². The zero-order valence-electron chi connectivity index (χ0n) is 17.8. The number of carbonyl (C=O) groups excluding carboxylic acids is 2. The van der Waals surface area contributed by atoms with Crippen LogP contribution in [0.4, 0.5) is 17.1 Å².